The van der Waals surface area contributed by atoms with Crippen LogP contribution in [0.1, 0.15) is 46.6 Å². The molecule has 2 aromatic carbocycles. The van der Waals surface area contributed by atoms with Crippen LogP contribution in [-0.4, -0.2) is 51.2 Å². The average molecular weight is 624 g/mol. The van der Waals surface area contributed by atoms with E-state index in [-0.39, 0.29) is 10.8 Å². The van der Waals surface area contributed by atoms with Crippen molar-refractivity contribution in [3.63, 3.8) is 0 Å². The number of sulfonamides is 1. The zero-order chi connectivity index (χ0) is 30.6. The molecule has 2 rings (SSSR count). The Balaban J connectivity index is 0. The molecule has 0 aliphatic rings. The number of alkyl carbamates (subject to hydrolysis) is 1. The third-order valence-electron chi connectivity index (χ3n) is 4.53. The van der Waals surface area contributed by atoms with E-state index < -0.39 is 21.7 Å². The predicted molar refractivity (Wildman–Crippen MR) is 164 cm³/mol. The minimum Gasteiger partial charge on any atom is -0.497 e. The Morgan fingerprint density at radius 2 is 1.51 bits per heavy atom. The molecule has 0 aliphatic carbocycles. The number of terminal acetylenes is 2. The molecule has 1 N–H and O–H groups in total. The molecule has 0 aromatic heterocycles. The normalized spacial score (nSPS) is 10.5. The number of nitrogens with zero attached hydrogens (tertiary/aromatic N) is 1. The maximum atomic E-state index is 13.0. The first-order chi connectivity index (χ1) is 18.2. The topological polar surface area (TPSA) is 84.9 Å². The maximum Gasteiger partial charge on any atom is 0.407 e. The number of hydrogen-bond donors (Lipinski definition) is 1. The number of aryl methyl sites for hydroxylation is 1. The number of benzene rings is 2. The molecule has 1 amide bonds. The summed E-state index contributed by atoms with van der Waals surface area (Å²) in [6.07, 6.45) is 16.0. The van der Waals surface area contributed by atoms with Crippen molar-refractivity contribution in [3.05, 3.63) is 58.6 Å². The number of methoxy groups -OCH3 is 1. The van der Waals surface area contributed by atoms with Crippen LogP contribution in [0, 0.1) is 38.5 Å². The quantitative estimate of drug-likeness (QED) is 0.254. The van der Waals surface area contributed by atoms with Crippen molar-refractivity contribution in [2.24, 2.45) is 5.92 Å². The Bertz CT molecular complexity index is 1060. The Hall–Kier alpha value is -2.98. The lowest BCUT2D eigenvalue weighted by atomic mass is 10.2. The summed E-state index contributed by atoms with van der Waals surface area (Å²) in [7, 11) is -2.08. The van der Waals surface area contributed by atoms with Gasteiger partial charge in [-0.1, -0.05) is 47.5 Å². The van der Waals surface area contributed by atoms with Crippen LogP contribution in [-0.2, 0) is 14.8 Å². The van der Waals surface area contributed by atoms with Gasteiger partial charge in [0.25, 0.3) is 0 Å². The monoisotopic (exact) mass is 622 g/mol. The van der Waals surface area contributed by atoms with Crippen molar-refractivity contribution in [2.45, 2.75) is 58.5 Å². The minimum atomic E-state index is -3.62. The highest BCUT2D eigenvalue weighted by Gasteiger charge is 2.25. The molecule has 0 atom stereocenters. The molecule has 0 saturated heterocycles. The van der Waals surface area contributed by atoms with E-state index in [1.807, 2.05) is 26.0 Å². The zero-order valence-electron chi connectivity index (χ0n) is 24.1. The predicted octanol–water partition coefficient (Wildman–Crippen LogP) is 6.51. The molecule has 0 spiro atoms. The number of carbonyl (C=O) groups excluding carboxylic acids is 1. The zero-order valence-corrected chi connectivity index (χ0v) is 26.5. The van der Waals surface area contributed by atoms with Crippen LogP contribution < -0.4 is 10.1 Å². The van der Waals surface area contributed by atoms with Crippen molar-refractivity contribution in [3.8, 4) is 31.4 Å². The molecular weight excluding hydrogens is 580 g/mol. The van der Waals surface area contributed by atoms with E-state index in [0.717, 1.165) is 4.47 Å². The molecule has 0 aliphatic heterocycles. The summed E-state index contributed by atoms with van der Waals surface area (Å²) >= 11 is 3.35. The van der Waals surface area contributed by atoms with Gasteiger partial charge in [-0.15, -0.1) is 25.7 Å². The van der Waals surface area contributed by atoms with Crippen molar-refractivity contribution >= 4 is 32.0 Å². The van der Waals surface area contributed by atoms with E-state index in [0.29, 0.717) is 31.8 Å². The fraction of sp³-hybridized carbons (Fsp3) is 0.433. The lowest BCUT2D eigenvalue weighted by molar-refractivity contribution is 0.0526. The minimum absolute atomic E-state index is 0.178. The van der Waals surface area contributed by atoms with Gasteiger partial charge in [-0.3, -0.25) is 0 Å². The molecule has 9 heteroatoms. The van der Waals surface area contributed by atoms with Gasteiger partial charge in [0.15, 0.2) is 0 Å². The molecule has 39 heavy (non-hydrogen) atoms. The second-order valence-electron chi connectivity index (χ2n) is 9.51. The van der Waals surface area contributed by atoms with Crippen LogP contribution in [0.4, 0.5) is 4.79 Å². The lowest BCUT2D eigenvalue weighted by Gasteiger charge is -2.24. The average Bonchev–Trinajstić information content (AvgIpc) is 2.89. The smallest absolute Gasteiger partial charge is 0.407 e. The van der Waals surface area contributed by atoms with Crippen LogP contribution in [0.5, 0.6) is 5.75 Å². The van der Waals surface area contributed by atoms with Crippen LogP contribution >= 0.6 is 15.9 Å². The molecular formula is C30H43BrN2O5S. The summed E-state index contributed by atoms with van der Waals surface area (Å²) in [6, 6.07) is 14.6. The Labute approximate surface area is 244 Å². The van der Waals surface area contributed by atoms with Gasteiger partial charge >= 0.3 is 6.09 Å². The molecule has 216 valence electrons. The summed E-state index contributed by atoms with van der Waals surface area (Å²) in [5.74, 6) is 0.780. The number of hydrogen-bond acceptors (Lipinski definition) is 5. The molecule has 0 unspecified atom stereocenters. The standard InChI is InChI=1S/C19H32N2O5S.C7H7Br.2C2H2/c1-15(2)14-21(13-7-12-20-18(22)26-19(3,4)5)27(23,24)17-10-8-16(25-6)9-11-17;1-6-2-4-7(8)5-3-6;2*1-2/h8-11,15H,7,12-14H2,1-6H3,(H,20,22);2-5H,1H3;2*1-2H. The van der Waals surface area contributed by atoms with E-state index in [4.69, 9.17) is 9.47 Å². The summed E-state index contributed by atoms with van der Waals surface area (Å²) in [6.45, 7) is 12.4. The Morgan fingerprint density at radius 3 is 1.92 bits per heavy atom. The molecule has 0 saturated carbocycles. The maximum absolute atomic E-state index is 13.0. The second kappa shape index (κ2) is 20.0. The van der Waals surface area contributed by atoms with Crippen LogP contribution in [0.25, 0.3) is 0 Å². The highest BCUT2D eigenvalue weighted by atomic mass is 79.9. The molecule has 0 fully saturated rings. The number of halogens is 1. The SMILES string of the molecule is C#C.C#C.COc1ccc(S(=O)(=O)N(CCCNC(=O)OC(C)(C)C)CC(C)C)cc1.Cc1ccc(Br)cc1. The van der Waals surface area contributed by atoms with E-state index in [9.17, 15) is 13.2 Å². The number of ether oxygens (including phenoxy) is 2. The summed E-state index contributed by atoms with van der Waals surface area (Å²) < 4.78 is 38.8. The fourth-order valence-electron chi connectivity index (χ4n) is 2.91. The van der Waals surface area contributed by atoms with Gasteiger partial charge < -0.3 is 14.8 Å². The Morgan fingerprint density at radius 1 is 1.00 bits per heavy atom. The van der Waals surface area contributed by atoms with Gasteiger partial charge in [0.2, 0.25) is 10.0 Å². The van der Waals surface area contributed by atoms with Gasteiger partial charge in [-0.2, -0.15) is 4.31 Å². The van der Waals surface area contributed by atoms with E-state index in [1.165, 1.54) is 17.0 Å². The van der Waals surface area contributed by atoms with Crippen LogP contribution in [0.2, 0.25) is 0 Å². The largest absolute Gasteiger partial charge is 0.497 e. The highest BCUT2D eigenvalue weighted by molar-refractivity contribution is 9.10. The second-order valence-corrected chi connectivity index (χ2v) is 12.4. The van der Waals surface area contributed by atoms with Crippen LogP contribution in [0.3, 0.4) is 0 Å². The van der Waals surface area contributed by atoms with E-state index >= 15 is 0 Å². The number of amides is 1. The third kappa shape index (κ3) is 17.3. The van der Waals surface area contributed by atoms with Crippen molar-refractivity contribution < 1.29 is 22.7 Å². The first-order valence-corrected chi connectivity index (χ1v) is 14.5. The van der Waals surface area contributed by atoms with Gasteiger partial charge in [-0.25, -0.2) is 13.2 Å². The highest BCUT2D eigenvalue weighted by Crippen LogP contribution is 2.20. The Kier molecular flexibility index (Phi) is 19.6. The summed E-state index contributed by atoms with van der Waals surface area (Å²) in [5, 5.41) is 2.65. The van der Waals surface area contributed by atoms with Gasteiger partial charge in [-0.05, 0) is 76.4 Å². The number of nitrogens with one attached hydrogen (secondary N) is 1. The van der Waals surface area contributed by atoms with Crippen molar-refractivity contribution in [1.29, 1.82) is 0 Å². The van der Waals surface area contributed by atoms with E-state index in [2.05, 4.69) is 66.0 Å². The molecule has 2 aromatic rings. The number of carbonyl (C=O) groups is 1. The van der Waals surface area contributed by atoms with Crippen molar-refractivity contribution in [2.75, 3.05) is 26.7 Å². The molecule has 0 heterocycles. The van der Waals surface area contributed by atoms with Gasteiger partial charge in [0.05, 0.1) is 12.0 Å². The number of rotatable bonds is 9. The van der Waals surface area contributed by atoms with Crippen molar-refractivity contribution in [1.82, 2.24) is 9.62 Å². The molecule has 0 radical (unpaired) electrons. The first kappa shape index (κ1) is 38.2. The third-order valence-corrected chi connectivity index (χ3v) is 6.94. The van der Waals surface area contributed by atoms with Gasteiger partial charge in [0.1, 0.15) is 11.4 Å². The molecule has 0 bridgehead atoms. The van der Waals surface area contributed by atoms with Crippen LogP contribution in [0.15, 0.2) is 57.9 Å². The summed E-state index contributed by atoms with van der Waals surface area (Å²) in [5.41, 5.74) is 0.735. The summed E-state index contributed by atoms with van der Waals surface area (Å²) in [4.78, 5) is 11.9. The lowest BCUT2D eigenvalue weighted by Crippen LogP contribution is -2.37. The fourth-order valence-corrected chi connectivity index (χ4v) is 4.81. The van der Waals surface area contributed by atoms with E-state index in [1.54, 1.807) is 45.0 Å². The molecule has 7 nitrogen and oxygen atoms in total. The first-order valence-electron chi connectivity index (χ1n) is 12.2. The van der Waals surface area contributed by atoms with Gasteiger partial charge in [0, 0.05) is 24.1 Å².